The van der Waals surface area contributed by atoms with Crippen molar-refractivity contribution in [2.24, 2.45) is 11.8 Å². The molecule has 0 radical (unpaired) electrons. The van der Waals surface area contributed by atoms with Crippen LogP contribution in [0, 0.1) is 12.8 Å². The Kier molecular flexibility index (Phi) is 3.73. The molecule has 0 amide bonds. The average molecular weight is 293 g/mol. The second-order valence-corrected chi connectivity index (χ2v) is 6.48. The lowest BCUT2D eigenvalue weighted by Crippen LogP contribution is -2.27. The van der Waals surface area contributed by atoms with Crippen LogP contribution in [0.3, 0.4) is 0 Å². The molecular formula is C13H19N5OS. The summed E-state index contributed by atoms with van der Waals surface area (Å²) in [4.78, 5) is 10.9. The standard InChI is InChI=1S/C13H19N5OS/c1-7-5-9-11(15-10-4-2-3-8(10)6-19)16-13(18-14)17-12(9)20-7/h5,8,10,19H,2-4,6,14H2,1H3,(H2,15,16,17,18). The number of aromatic nitrogens is 2. The zero-order valence-electron chi connectivity index (χ0n) is 11.4. The molecule has 2 aromatic rings. The van der Waals surface area contributed by atoms with Gasteiger partial charge in [-0.25, -0.2) is 10.8 Å². The fourth-order valence-corrected chi connectivity index (χ4v) is 3.72. The third kappa shape index (κ3) is 2.44. The van der Waals surface area contributed by atoms with Gasteiger partial charge in [-0.3, -0.25) is 5.43 Å². The predicted molar refractivity (Wildman–Crippen MR) is 81.8 cm³/mol. The Hall–Kier alpha value is -1.44. The molecule has 1 fully saturated rings. The smallest absolute Gasteiger partial charge is 0.240 e. The van der Waals surface area contributed by atoms with Crippen molar-refractivity contribution in [3.05, 3.63) is 10.9 Å². The Morgan fingerprint density at radius 1 is 1.45 bits per heavy atom. The van der Waals surface area contributed by atoms with E-state index in [1.165, 1.54) is 4.88 Å². The van der Waals surface area contributed by atoms with E-state index in [-0.39, 0.29) is 12.6 Å². The second-order valence-electron chi connectivity index (χ2n) is 5.24. The van der Waals surface area contributed by atoms with Crippen LogP contribution in [0.4, 0.5) is 11.8 Å². The molecule has 7 heteroatoms. The first-order valence-corrected chi connectivity index (χ1v) is 7.65. The summed E-state index contributed by atoms with van der Waals surface area (Å²) in [7, 11) is 0. The van der Waals surface area contributed by atoms with E-state index in [4.69, 9.17) is 5.84 Å². The van der Waals surface area contributed by atoms with Crippen LogP contribution in [-0.4, -0.2) is 27.7 Å². The van der Waals surface area contributed by atoms with Gasteiger partial charge >= 0.3 is 0 Å². The number of aryl methyl sites for hydroxylation is 1. The maximum atomic E-state index is 9.43. The van der Waals surface area contributed by atoms with Crippen molar-refractivity contribution < 1.29 is 5.11 Å². The van der Waals surface area contributed by atoms with E-state index in [1.807, 2.05) is 0 Å². The molecule has 0 aliphatic heterocycles. The SMILES string of the molecule is Cc1cc2c(NC3CCCC3CO)nc(NN)nc2s1. The molecule has 2 atom stereocenters. The van der Waals surface area contributed by atoms with Crippen LogP contribution >= 0.6 is 11.3 Å². The minimum absolute atomic E-state index is 0.219. The normalized spacial score (nSPS) is 22.4. The highest BCUT2D eigenvalue weighted by molar-refractivity contribution is 7.18. The predicted octanol–water partition coefficient (Wildman–Crippen LogP) is 1.86. The number of nitrogens with two attached hydrogens (primary N) is 1. The number of aliphatic hydroxyl groups is 1. The van der Waals surface area contributed by atoms with Gasteiger partial charge in [-0.15, -0.1) is 11.3 Å². The van der Waals surface area contributed by atoms with E-state index in [2.05, 4.69) is 33.7 Å². The summed E-state index contributed by atoms with van der Waals surface area (Å²) in [5, 5.41) is 13.9. The number of fused-ring (bicyclic) bond motifs is 1. The number of anilines is 2. The van der Waals surface area contributed by atoms with Gasteiger partial charge in [0.05, 0.1) is 5.39 Å². The number of nitrogen functional groups attached to an aromatic ring is 1. The Bertz CT molecular complexity index is 614. The van der Waals surface area contributed by atoms with Crippen LogP contribution in [0.1, 0.15) is 24.1 Å². The van der Waals surface area contributed by atoms with Crippen LogP contribution < -0.4 is 16.6 Å². The summed E-state index contributed by atoms with van der Waals surface area (Å²) < 4.78 is 0. The van der Waals surface area contributed by atoms with Crippen LogP contribution in [0.15, 0.2) is 6.07 Å². The van der Waals surface area contributed by atoms with Crippen molar-refractivity contribution in [2.45, 2.75) is 32.2 Å². The monoisotopic (exact) mass is 293 g/mol. The van der Waals surface area contributed by atoms with Gasteiger partial charge in [0, 0.05) is 23.4 Å². The molecule has 1 aliphatic carbocycles. The number of nitrogens with one attached hydrogen (secondary N) is 2. The molecule has 5 N–H and O–H groups in total. The van der Waals surface area contributed by atoms with E-state index < -0.39 is 0 Å². The Balaban J connectivity index is 1.96. The number of thiophene rings is 1. The van der Waals surface area contributed by atoms with Crippen molar-refractivity contribution in [3.8, 4) is 0 Å². The first-order chi connectivity index (χ1) is 9.71. The lowest BCUT2D eigenvalue weighted by molar-refractivity contribution is 0.222. The molecule has 0 bridgehead atoms. The van der Waals surface area contributed by atoms with Crippen LogP contribution in [0.2, 0.25) is 0 Å². The summed E-state index contributed by atoms with van der Waals surface area (Å²) in [6.07, 6.45) is 3.26. The summed E-state index contributed by atoms with van der Waals surface area (Å²) in [5.74, 6) is 6.96. The largest absolute Gasteiger partial charge is 0.396 e. The van der Waals surface area contributed by atoms with Gasteiger partial charge in [-0.05, 0) is 25.8 Å². The van der Waals surface area contributed by atoms with Crippen molar-refractivity contribution in [1.29, 1.82) is 0 Å². The molecule has 1 saturated carbocycles. The molecule has 3 rings (SSSR count). The van der Waals surface area contributed by atoms with E-state index in [0.717, 1.165) is 35.3 Å². The van der Waals surface area contributed by atoms with E-state index >= 15 is 0 Å². The molecule has 20 heavy (non-hydrogen) atoms. The van der Waals surface area contributed by atoms with Crippen molar-refractivity contribution in [1.82, 2.24) is 9.97 Å². The molecule has 108 valence electrons. The number of aliphatic hydroxyl groups excluding tert-OH is 1. The maximum absolute atomic E-state index is 9.43. The van der Waals surface area contributed by atoms with Gasteiger partial charge in [0.2, 0.25) is 5.95 Å². The van der Waals surface area contributed by atoms with Crippen molar-refractivity contribution >= 4 is 33.3 Å². The molecule has 2 heterocycles. The summed E-state index contributed by atoms with van der Waals surface area (Å²) in [6.45, 7) is 2.27. The summed E-state index contributed by atoms with van der Waals surface area (Å²) in [5.41, 5.74) is 2.51. The number of hydrogen-bond acceptors (Lipinski definition) is 7. The number of hydrazine groups is 1. The highest BCUT2D eigenvalue weighted by atomic mass is 32.1. The Morgan fingerprint density at radius 3 is 3.05 bits per heavy atom. The first kappa shape index (κ1) is 13.5. The number of rotatable bonds is 4. The van der Waals surface area contributed by atoms with Gasteiger partial charge in [-0.2, -0.15) is 4.98 Å². The van der Waals surface area contributed by atoms with Crippen molar-refractivity contribution in [2.75, 3.05) is 17.3 Å². The van der Waals surface area contributed by atoms with E-state index in [0.29, 0.717) is 11.9 Å². The average Bonchev–Trinajstić information content (AvgIpc) is 3.03. The molecule has 0 aromatic carbocycles. The lowest BCUT2D eigenvalue weighted by Gasteiger charge is -2.20. The van der Waals surface area contributed by atoms with Gasteiger partial charge < -0.3 is 10.4 Å². The van der Waals surface area contributed by atoms with Gasteiger partial charge in [0.25, 0.3) is 0 Å². The molecule has 0 saturated heterocycles. The highest BCUT2D eigenvalue weighted by Gasteiger charge is 2.27. The minimum atomic E-state index is 0.219. The third-order valence-corrected chi connectivity index (χ3v) is 4.81. The lowest BCUT2D eigenvalue weighted by atomic mass is 10.1. The zero-order valence-corrected chi connectivity index (χ0v) is 12.2. The van der Waals surface area contributed by atoms with Gasteiger partial charge in [0.15, 0.2) is 0 Å². The topological polar surface area (TPSA) is 96.1 Å². The van der Waals surface area contributed by atoms with Crippen LogP contribution in [0.5, 0.6) is 0 Å². The van der Waals surface area contributed by atoms with Crippen LogP contribution in [0.25, 0.3) is 10.2 Å². The second kappa shape index (κ2) is 5.51. The minimum Gasteiger partial charge on any atom is -0.396 e. The number of hydrogen-bond donors (Lipinski definition) is 4. The van der Waals surface area contributed by atoms with Gasteiger partial charge in [0.1, 0.15) is 10.6 Å². The van der Waals surface area contributed by atoms with E-state index in [9.17, 15) is 5.11 Å². The Labute approximate surface area is 121 Å². The summed E-state index contributed by atoms with van der Waals surface area (Å²) >= 11 is 1.62. The fraction of sp³-hybridized carbons (Fsp3) is 0.538. The first-order valence-electron chi connectivity index (χ1n) is 6.83. The molecule has 6 nitrogen and oxygen atoms in total. The Morgan fingerprint density at radius 2 is 2.30 bits per heavy atom. The fourth-order valence-electron chi connectivity index (χ4n) is 2.84. The third-order valence-electron chi connectivity index (χ3n) is 3.86. The highest BCUT2D eigenvalue weighted by Crippen LogP contribution is 2.33. The molecular weight excluding hydrogens is 274 g/mol. The molecule has 0 spiro atoms. The quantitative estimate of drug-likeness (QED) is 0.507. The maximum Gasteiger partial charge on any atom is 0.240 e. The molecule has 2 unspecified atom stereocenters. The molecule has 2 aromatic heterocycles. The van der Waals surface area contributed by atoms with Gasteiger partial charge in [-0.1, -0.05) is 6.42 Å². The van der Waals surface area contributed by atoms with E-state index in [1.54, 1.807) is 11.3 Å². The number of nitrogens with zero attached hydrogens (tertiary/aromatic N) is 2. The summed E-state index contributed by atoms with van der Waals surface area (Å²) in [6, 6.07) is 2.36. The zero-order chi connectivity index (χ0) is 14.1. The van der Waals surface area contributed by atoms with Crippen LogP contribution in [-0.2, 0) is 0 Å². The van der Waals surface area contributed by atoms with Crippen molar-refractivity contribution in [3.63, 3.8) is 0 Å². The molecule has 1 aliphatic rings.